The first-order valence-electron chi connectivity index (χ1n) is 7.75. The number of hydrogen-bond acceptors (Lipinski definition) is 5. The normalized spacial score (nSPS) is 15.5. The molecule has 1 aliphatic rings. The van der Waals surface area contributed by atoms with Gasteiger partial charge in [-0.1, -0.05) is 17.3 Å². The highest BCUT2D eigenvalue weighted by atomic mass is 19.4. The minimum Gasteiger partial charge on any atom is -0.480 e. The Bertz CT molecular complexity index is 828. The molecule has 1 fully saturated rings. The molecule has 138 valence electrons. The van der Waals surface area contributed by atoms with E-state index < -0.39 is 30.0 Å². The number of alkyl halides is 3. The summed E-state index contributed by atoms with van der Waals surface area (Å²) >= 11 is 0. The molecule has 0 aliphatic heterocycles. The van der Waals surface area contributed by atoms with Gasteiger partial charge in [0.2, 0.25) is 5.82 Å². The Morgan fingerprint density at radius 3 is 2.35 bits per heavy atom. The van der Waals surface area contributed by atoms with Crippen molar-refractivity contribution in [3.63, 3.8) is 0 Å². The van der Waals surface area contributed by atoms with E-state index in [2.05, 4.69) is 14.7 Å². The van der Waals surface area contributed by atoms with Crippen LogP contribution in [0.5, 0.6) is 0 Å². The lowest BCUT2D eigenvalue weighted by Gasteiger charge is -2.26. The Morgan fingerprint density at radius 2 is 1.88 bits per heavy atom. The number of rotatable bonds is 5. The number of carbonyl (C=O) groups is 2. The fraction of sp³-hybridized carbons (Fsp3) is 0.375. The van der Waals surface area contributed by atoms with Crippen molar-refractivity contribution < 1.29 is 32.4 Å². The van der Waals surface area contributed by atoms with Crippen LogP contribution >= 0.6 is 0 Å². The lowest BCUT2D eigenvalue weighted by Crippen LogP contribution is -2.44. The van der Waals surface area contributed by atoms with E-state index in [1.807, 2.05) is 0 Å². The smallest absolute Gasteiger partial charge is 0.471 e. The van der Waals surface area contributed by atoms with Gasteiger partial charge in [0.25, 0.3) is 5.91 Å². The number of nitrogens with zero attached hydrogens (tertiary/aromatic N) is 3. The Morgan fingerprint density at radius 1 is 1.27 bits per heavy atom. The maximum Gasteiger partial charge on any atom is 0.471 e. The van der Waals surface area contributed by atoms with Crippen molar-refractivity contribution >= 4 is 11.9 Å². The number of carboxylic acids is 1. The Kier molecular flexibility index (Phi) is 4.43. The van der Waals surface area contributed by atoms with Crippen LogP contribution < -0.4 is 0 Å². The van der Waals surface area contributed by atoms with E-state index in [1.165, 1.54) is 36.1 Å². The highest BCUT2D eigenvalue weighted by Crippen LogP contribution is 2.31. The lowest BCUT2D eigenvalue weighted by molar-refractivity contribution is -0.159. The maximum absolute atomic E-state index is 12.6. The van der Waals surface area contributed by atoms with Gasteiger partial charge in [-0.3, -0.25) is 4.79 Å². The third-order valence-electron chi connectivity index (χ3n) is 4.01. The van der Waals surface area contributed by atoms with E-state index in [0.717, 1.165) is 12.8 Å². The molecule has 26 heavy (non-hydrogen) atoms. The number of amides is 1. The molecule has 1 heterocycles. The third kappa shape index (κ3) is 3.53. The maximum atomic E-state index is 12.6. The molecule has 2 aromatic rings. The van der Waals surface area contributed by atoms with Crippen LogP contribution in [0.25, 0.3) is 11.4 Å². The number of halogens is 3. The van der Waals surface area contributed by atoms with E-state index in [1.54, 1.807) is 0 Å². The summed E-state index contributed by atoms with van der Waals surface area (Å²) in [5.74, 6) is -3.26. The molecule has 0 bridgehead atoms. The van der Waals surface area contributed by atoms with Crippen LogP contribution in [0.2, 0.25) is 0 Å². The van der Waals surface area contributed by atoms with Crippen molar-refractivity contribution in [2.45, 2.75) is 38.0 Å². The molecule has 7 nitrogen and oxygen atoms in total. The average Bonchev–Trinajstić information content (AvgIpc) is 3.27. The summed E-state index contributed by atoms with van der Waals surface area (Å²) in [6, 6.07) is 4.47. The Labute approximate surface area is 145 Å². The van der Waals surface area contributed by atoms with Gasteiger partial charge in [-0.05, 0) is 31.9 Å². The van der Waals surface area contributed by atoms with Crippen LogP contribution in [-0.4, -0.2) is 44.1 Å². The summed E-state index contributed by atoms with van der Waals surface area (Å²) in [5, 5.41) is 12.4. The van der Waals surface area contributed by atoms with Crippen molar-refractivity contribution in [2.75, 3.05) is 0 Å². The number of aliphatic carboxylic acids is 1. The molecule has 1 unspecified atom stereocenters. The molecule has 1 aromatic carbocycles. The quantitative estimate of drug-likeness (QED) is 0.871. The van der Waals surface area contributed by atoms with Gasteiger partial charge in [0, 0.05) is 17.2 Å². The molecule has 0 radical (unpaired) electrons. The van der Waals surface area contributed by atoms with Gasteiger partial charge in [-0.25, -0.2) is 4.79 Å². The van der Waals surface area contributed by atoms with Gasteiger partial charge in [-0.2, -0.15) is 18.2 Å². The van der Waals surface area contributed by atoms with Crippen LogP contribution in [-0.2, 0) is 11.0 Å². The Balaban J connectivity index is 1.81. The van der Waals surface area contributed by atoms with Crippen molar-refractivity contribution in [1.82, 2.24) is 15.0 Å². The molecule has 3 rings (SSSR count). The minimum absolute atomic E-state index is 0.111. The molecule has 1 aromatic heterocycles. The SMILES string of the molecule is CC(C(=O)O)N(C(=O)c1ccc(-c2noc(C(F)(F)F)n2)cc1)C1CC1. The van der Waals surface area contributed by atoms with E-state index in [0.29, 0.717) is 0 Å². The van der Waals surface area contributed by atoms with Crippen LogP contribution in [0.1, 0.15) is 36.0 Å². The fourth-order valence-electron chi connectivity index (χ4n) is 2.50. The van der Waals surface area contributed by atoms with Crippen molar-refractivity contribution in [2.24, 2.45) is 0 Å². The molecular weight excluding hydrogens is 355 g/mol. The largest absolute Gasteiger partial charge is 0.480 e. The second kappa shape index (κ2) is 6.43. The summed E-state index contributed by atoms with van der Waals surface area (Å²) < 4.78 is 41.7. The zero-order valence-electron chi connectivity index (χ0n) is 13.5. The summed E-state index contributed by atoms with van der Waals surface area (Å²) in [6.07, 6.45) is -3.26. The van der Waals surface area contributed by atoms with E-state index in [-0.39, 0.29) is 23.0 Å². The molecule has 1 atom stereocenters. The molecule has 1 amide bonds. The van der Waals surface area contributed by atoms with Crippen LogP contribution in [0.15, 0.2) is 28.8 Å². The predicted octanol–water partition coefficient (Wildman–Crippen LogP) is 2.83. The molecule has 10 heteroatoms. The zero-order valence-corrected chi connectivity index (χ0v) is 13.5. The zero-order chi connectivity index (χ0) is 19.1. The average molecular weight is 369 g/mol. The second-order valence-corrected chi connectivity index (χ2v) is 5.96. The first-order chi connectivity index (χ1) is 12.2. The van der Waals surface area contributed by atoms with Crippen LogP contribution in [0.3, 0.4) is 0 Å². The Hall–Kier alpha value is -2.91. The number of aromatic nitrogens is 2. The number of hydrogen-bond donors (Lipinski definition) is 1. The fourth-order valence-corrected chi connectivity index (χ4v) is 2.50. The molecule has 1 aliphatic carbocycles. The van der Waals surface area contributed by atoms with Crippen molar-refractivity contribution in [3.05, 3.63) is 35.7 Å². The van der Waals surface area contributed by atoms with Crippen molar-refractivity contribution in [1.29, 1.82) is 0 Å². The van der Waals surface area contributed by atoms with Gasteiger partial charge < -0.3 is 14.5 Å². The first-order valence-corrected chi connectivity index (χ1v) is 7.75. The summed E-state index contributed by atoms with van der Waals surface area (Å²) in [5.41, 5.74) is 0.471. The van der Waals surface area contributed by atoms with Crippen LogP contribution in [0, 0.1) is 0 Å². The molecule has 1 saturated carbocycles. The van der Waals surface area contributed by atoms with Gasteiger partial charge >= 0.3 is 18.0 Å². The van der Waals surface area contributed by atoms with Gasteiger partial charge in [-0.15, -0.1) is 0 Å². The summed E-state index contributed by atoms with van der Waals surface area (Å²) in [7, 11) is 0. The topological polar surface area (TPSA) is 96.5 Å². The standard InChI is InChI=1S/C16H14F3N3O4/c1-8(14(24)25)22(11-6-7-11)13(23)10-4-2-9(3-5-10)12-20-15(26-21-12)16(17,18)19/h2-5,8,11H,6-7H2,1H3,(H,24,25). The van der Waals surface area contributed by atoms with E-state index in [4.69, 9.17) is 0 Å². The van der Waals surface area contributed by atoms with Gasteiger partial charge in [0.15, 0.2) is 0 Å². The van der Waals surface area contributed by atoms with Crippen molar-refractivity contribution in [3.8, 4) is 11.4 Å². The van der Waals surface area contributed by atoms with Crippen LogP contribution in [0.4, 0.5) is 13.2 Å². The molecule has 0 saturated heterocycles. The monoisotopic (exact) mass is 369 g/mol. The lowest BCUT2D eigenvalue weighted by atomic mass is 10.1. The molecular formula is C16H14F3N3O4. The highest BCUT2D eigenvalue weighted by Gasteiger charge is 2.39. The second-order valence-electron chi connectivity index (χ2n) is 5.96. The summed E-state index contributed by atoms with van der Waals surface area (Å²) in [6.45, 7) is 1.44. The number of benzene rings is 1. The van der Waals surface area contributed by atoms with Gasteiger partial charge in [0.1, 0.15) is 6.04 Å². The molecule has 1 N–H and O–H groups in total. The molecule has 0 spiro atoms. The third-order valence-corrected chi connectivity index (χ3v) is 4.01. The van der Waals surface area contributed by atoms with Gasteiger partial charge in [0.05, 0.1) is 0 Å². The van der Waals surface area contributed by atoms with E-state index in [9.17, 15) is 27.9 Å². The summed E-state index contributed by atoms with van der Waals surface area (Å²) in [4.78, 5) is 28.4. The number of carbonyl (C=O) groups excluding carboxylic acids is 1. The predicted molar refractivity (Wildman–Crippen MR) is 81.0 cm³/mol. The number of carboxylic acid groups (broad SMARTS) is 1. The van der Waals surface area contributed by atoms with E-state index >= 15 is 0 Å². The minimum atomic E-state index is -4.74. The highest BCUT2D eigenvalue weighted by molar-refractivity contribution is 5.97. The first kappa shape index (κ1) is 17.9.